The monoisotopic (exact) mass is 179 g/mol. The molecule has 0 radical (unpaired) electrons. The molecule has 1 rings (SSSR count). The van der Waals surface area contributed by atoms with E-state index in [-0.39, 0.29) is 11.5 Å². The molecule has 0 fully saturated rings. The van der Waals surface area contributed by atoms with Gasteiger partial charge in [0.25, 0.3) is 0 Å². The fourth-order valence-corrected chi connectivity index (χ4v) is 1.09. The Hall–Kier alpha value is -1.51. The molecule has 0 saturated heterocycles. The summed E-state index contributed by atoms with van der Waals surface area (Å²) in [5.74, 6) is 0.0137. The summed E-state index contributed by atoms with van der Waals surface area (Å²) in [6.45, 7) is 1.94. The standard InChI is InChI=1S/C10H13NO2/c1-2-3-9(12)7-4-5-8(11)10(13)6-7/h4-6,13H,2-3,11H2,1H3. The van der Waals surface area contributed by atoms with Gasteiger partial charge in [0.1, 0.15) is 5.75 Å². The van der Waals surface area contributed by atoms with Crippen molar-refractivity contribution in [3.63, 3.8) is 0 Å². The molecule has 0 aliphatic carbocycles. The van der Waals surface area contributed by atoms with Crippen LogP contribution < -0.4 is 5.73 Å². The molecule has 0 saturated carbocycles. The van der Waals surface area contributed by atoms with Crippen LogP contribution in [0.15, 0.2) is 18.2 Å². The van der Waals surface area contributed by atoms with E-state index in [1.807, 2.05) is 6.92 Å². The van der Waals surface area contributed by atoms with Gasteiger partial charge in [-0.2, -0.15) is 0 Å². The van der Waals surface area contributed by atoms with Crippen molar-refractivity contribution >= 4 is 11.5 Å². The smallest absolute Gasteiger partial charge is 0.163 e. The molecule has 3 N–H and O–H groups in total. The van der Waals surface area contributed by atoms with E-state index in [2.05, 4.69) is 0 Å². The van der Waals surface area contributed by atoms with E-state index in [9.17, 15) is 9.90 Å². The van der Waals surface area contributed by atoms with Gasteiger partial charge in [0, 0.05) is 12.0 Å². The number of benzene rings is 1. The number of hydrogen-bond donors (Lipinski definition) is 2. The number of nitrogens with two attached hydrogens (primary N) is 1. The second kappa shape index (κ2) is 3.94. The van der Waals surface area contributed by atoms with E-state index in [1.165, 1.54) is 12.1 Å². The van der Waals surface area contributed by atoms with Crippen molar-refractivity contribution in [2.75, 3.05) is 5.73 Å². The molecule has 1 aromatic carbocycles. The molecule has 0 bridgehead atoms. The molecular weight excluding hydrogens is 166 g/mol. The third-order valence-corrected chi connectivity index (χ3v) is 1.83. The topological polar surface area (TPSA) is 63.3 Å². The first-order valence-electron chi connectivity index (χ1n) is 4.27. The van der Waals surface area contributed by atoms with Gasteiger partial charge in [0.05, 0.1) is 5.69 Å². The van der Waals surface area contributed by atoms with Crippen molar-refractivity contribution in [3.8, 4) is 5.75 Å². The van der Waals surface area contributed by atoms with Gasteiger partial charge in [0.2, 0.25) is 0 Å². The van der Waals surface area contributed by atoms with Gasteiger partial charge in [-0.1, -0.05) is 6.92 Å². The van der Waals surface area contributed by atoms with E-state index in [1.54, 1.807) is 6.07 Å². The number of phenols is 1. The summed E-state index contributed by atoms with van der Waals surface area (Å²) in [6.07, 6.45) is 1.31. The number of phenolic OH excluding ortho intramolecular Hbond substituents is 1. The third-order valence-electron chi connectivity index (χ3n) is 1.83. The lowest BCUT2D eigenvalue weighted by atomic mass is 10.1. The second-order valence-electron chi connectivity index (χ2n) is 2.95. The molecule has 0 heterocycles. The normalized spacial score (nSPS) is 9.92. The number of Topliss-reactive ketones (excluding diaryl/α,β-unsaturated/α-hetero) is 1. The maximum Gasteiger partial charge on any atom is 0.163 e. The number of hydrogen-bond acceptors (Lipinski definition) is 3. The number of carbonyl (C=O) groups excluding carboxylic acids is 1. The van der Waals surface area contributed by atoms with Crippen LogP contribution in [0.3, 0.4) is 0 Å². The average molecular weight is 179 g/mol. The summed E-state index contributed by atoms with van der Waals surface area (Å²) in [5.41, 5.74) is 6.22. The highest BCUT2D eigenvalue weighted by Gasteiger charge is 2.06. The Morgan fingerprint density at radius 2 is 2.23 bits per heavy atom. The van der Waals surface area contributed by atoms with Crippen LogP contribution in [0, 0.1) is 0 Å². The molecule has 3 nitrogen and oxygen atoms in total. The zero-order valence-corrected chi connectivity index (χ0v) is 7.58. The van der Waals surface area contributed by atoms with Crippen LogP contribution in [0.2, 0.25) is 0 Å². The summed E-state index contributed by atoms with van der Waals surface area (Å²) < 4.78 is 0. The summed E-state index contributed by atoms with van der Waals surface area (Å²) in [4.78, 5) is 11.4. The van der Waals surface area contributed by atoms with Gasteiger partial charge in [-0.15, -0.1) is 0 Å². The highest BCUT2D eigenvalue weighted by atomic mass is 16.3. The van der Waals surface area contributed by atoms with Crippen molar-refractivity contribution in [2.24, 2.45) is 0 Å². The molecular formula is C10H13NO2. The van der Waals surface area contributed by atoms with Gasteiger partial charge < -0.3 is 10.8 Å². The lowest BCUT2D eigenvalue weighted by molar-refractivity contribution is 0.0981. The van der Waals surface area contributed by atoms with Gasteiger partial charge in [0.15, 0.2) is 5.78 Å². The lowest BCUT2D eigenvalue weighted by Crippen LogP contribution is -1.98. The molecule has 0 amide bonds. The third kappa shape index (κ3) is 2.21. The summed E-state index contributed by atoms with van der Waals surface area (Å²) in [6, 6.07) is 4.58. The SMILES string of the molecule is CCCC(=O)c1ccc(N)c(O)c1. The minimum Gasteiger partial charge on any atom is -0.506 e. The number of carbonyl (C=O) groups is 1. The predicted molar refractivity (Wildman–Crippen MR) is 51.8 cm³/mol. The second-order valence-corrected chi connectivity index (χ2v) is 2.95. The van der Waals surface area contributed by atoms with Crippen LogP contribution in [-0.2, 0) is 0 Å². The average Bonchev–Trinajstić information content (AvgIpc) is 2.10. The molecule has 0 spiro atoms. The molecule has 0 aliphatic heterocycles. The lowest BCUT2D eigenvalue weighted by Gasteiger charge is -2.02. The van der Waals surface area contributed by atoms with Crippen LogP contribution in [-0.4, -0.2) is 10.9 Å². The molecule has 70 valence electrons. The largest absolute Gasteiger partial charge is 0.506 e. The van der Waals surface area contributed by atoms with Crippen LogP contribution in [0.25, 0.3) is 0 Å². The first-order chi connectivity index (χ1) is 6.15. The Morgan fingerprint density at radius 1 is 1.54 bits per heavy atom. The van der Waals surface area contributed by atoms with Gasteiger partial charge in [-0.05, 0) is 24.6 Å². The first-order valence-corrected chi connectivity index (χ1v) is 4.27. The number of ketones is 1. The maximum absolute atomic E-state index is 11.4. The Kier molecular flexibility index (Phi) is 2.90. The number of aromatic hydroxyl groups is 1. The van der Waals surface area contributed by atoms with E-state index >= 15 is 0 Å². The van der Waals surface area contributed by atoms with Crippen LogP contribution >= 0.6 is 0 Å². The molecule has 1 aromatic rings. The maximum atomic E-state index is 11.4. The number of rotatable bonds is 3. The van der Waals surface area contributed by atoms with E-state index < -0.39 is 0 Å². The summed E-state index contributed by atoms with van der Waals surface area (Å²) in [7, 11) is 0. The fourth-order valence-electron chi connectivity index (χ4n) is 1.09. The minimum absolute atomic E-state index is 0.0260. The molecule has 0 unspecified atom stereocenters. The minimum atomic E-state index is -0.0260. The highest BCUT2D eigenvalue weighted by Crippen LogP contribution is 2.21. The van der Waals surface area contributed by atoms with Gasteiger partial charge in [-0.3, -0.25) is 4.79 Å². The van der Waals surface area contributed by atoms with Crippen molar-refractivity contribution in [1.29, 1.82) is 0 Å². The molecule has 0 aromatic heterocycles. The predicted octanol–water partition coefficient (Wildman–Crippen LogP) is 1.96. The zero-order valence-electron chi connectivity index (χ0n) is 7.58. The fraction of sp³-hybridized carbons (Fsp3) is 0.300. The molecule has 0 atom stereocenters. The van der Waals surface area contributed by atoms with Crippen LogP contribution in [0.1, 0.15) is 30.1 Å². The van der Waals surface area contributed by atoms with E-state index in [4.69, 9.17) is 5.73 Å². The van der Waals surface area contributed by atoms with E-state index in [0.717, 1.165) is 6.42 Å². The van der Waals surface area contributed by atoms with Crippen molar-refractivity contribution in [3.05, 3.63) is 23.8 Å². The number of nitrogen functional groups attached to an aromatic ring is 1. The van der Waals surface area contributed by atoms with Gasteiger partial charge in [-0.25, -0.2) is 0 Å². The Morgan fingerprint density at radius 3 is 2.77 bits per heavy atom. The van der Waals surface area contributed by atoms with E-state index in [0.29, 0.717) is 17.7 Å². The first kappa shape index (κ1) is 9.58. The molecule has 0 aliphatic rings. The summed E-state index contributed by atoms with van der Waals surface area (Å²) >= 11 is 0. The molecule has 3 heteroatoms. The molecule has 13 heavy (non-hydrogen) atoms. The van der Waals surface area contributed by atoms with Crippen molar-refractivity contribution in [1.82, 2.24) is 0 Å². The highest BCUT2D eigenvalue weighted by molar-refractivity contribution is 5.96. The van der Waals surface area contributed by atoms with Crippen molar-refractivity contribution < 1.29 is 9.90 Å². The Balaban J connectivity index is 2.90. The quantitative estimate of drug-likeness (QED) is 0.423. The number of anilines is 1. The van der Waals surface area contributed by atoms with Crippen LogP contribution in [0.5, 0.6) is 5.75 Å². The summed E-state index contributed by atoms with van der Waals surface area (Å²) in [5, 5.41) is 9.24. The Bertz CT molecular complexity index is 321. The van der Waals surface area contributed by atoms with Crippen molar-refractivity contribution in [2.45, 2.75) is 19.8 Å². The van der Waals surface area contributed by atoms with Gasteiger partial charge >= 0.3 is 0 Å². The Labute approximate surface area is 77.2 Å². The van der Waals surface area contributed by atoms with Crippen LogP contribution in [0.4, 0.5) is 5.69 Å². The zero-order chi connectivity index (χ0) is 9.84.